The topological polar surface area (TPSA) is 75.4 Å². The molecule has 1 heterocycles. The third kappa shape index (κ3) is 3.44. The van der Waals surface area contributed by atoms with E-state index in [-0.39, 0.29) is 21.6 Å². The minimum atomic E-state index is -3.69. The number of nitrogen functional groups attached to an aromatic ring is 1. The first-order valence-electron chi connectivity index (χ1n) is 6.72. The number of anilines is 1. The molecule has 1 aromatic rings. The van der Waals surface area contributed by atoms with Crippen LogP contribution in [-0.2, 0) is 10.0 Å². The van der Waals surface area contributed by atoms with Crippen LogP contribution in [0.3, 0.4) is 0 Å². The number of nitrogens with one attached hydrogen (secondary N) is 1. The number of piperidine rings is 1. The number of halogens is 1. The Labute approximate surface area is 125 Å². The minimum Gasteiger partial charge on any atom is -0.398 e. The van der Waals surface area contributed by atoms with Crippen molar-refractivity contribution in [1.82, 2.24) is 9.62 Å². The molecular weight excluding hydrogens is 298 g/mol. The van der Waals surface area contributed by atoms with E-state index >= 15 is 0 Å². The van der Waals surface area contributed by atoms with Gasteiger partial charge in [-0.15, -0.1) is 0 Å². The van der Waals surface area contributed by atoms with Gasteiger partial charge in [0.1, 0.15) is 4.90 Å². The van der Waals surface area contributed by atoms with Gasteiger partial charge in [-0.1, -0.05) is 24.6 Å². The lowest BCUT2D eigenvalue weighted by Gasteiger charge is -2.32. The zero-order valence-electron chi connectivity index (χ0n) is 11.5. The van der Waals surface area contributed by atoms with Crippen LogP contribution in [0, 0.1) is 0 Å². The molecule has 20 heavy (non-hydrogen) atoms. The van der Waals surface area contributed by atoms with E-state index in [1.165, 1.54) is 6.07 Å². The van der Waals surface area contributed by atoms with Gasteiger partial charge in [-0.05, 0) is 38.1 Å². The van der Waals surface area contributed by atoms with Crippen LogP contribution >= 0.6 is 11.6 Å². The summed E-state index contributed by atoms with van der Waals surface area (Å²) in [6.45, 7) is 4.73. The smallest absolute Gasteiger partial charge is 0.244 e. The summed E-state index contributed by atoms with van der Waals surface area (Å²) in [5, 5.41) is 0.153. The van der Waals surface area contributed by atoms with E-state index in [1.54, 1.807) is 12.1 Å². The fourth-order valence-corrected chi connectivity index (χ4v) is 4.47. The first-order valence-corrected chi connectivity index (χ1v) is 8.59. The Hall–Kier alpha value is -0.820. The second kappa shape index (κ2) is 6.30. The van der Waals surface area contributed by atoms with Gasteiger partial charge in [0.15, 0.2) is 0 Å². The summed E-state index contributed by atoms with van der Waals surface area (Å²) in [4.78, 5) is 2.21. The lowest BCUT2D eigenvalue weighted by molar-refractivity contribution is 0.211. The van der Waals surface area contributed by atoms with Crippen LogP contribution in [0.2, 0.25) is 5.02 Å². The molecule has 112 valence electrons. The molecule has 1 unspecified atom stereocenters. The predicted octanol–water partition coefficient (Wildman–Crippen LogP) is 1.68. The lowest BCUT2D eigenvalue weighted by Crippen LogP contribution is -2.47. The molecular formula is C13H20ClN3O2S. The molecule has 0 bridgehead atoms. The number of likely N-dealkylation sites (N-methyl/N-ethyl adjacent to an activating group) is 1. The van der Waals surface area contributed by atoms with Crippen LogP contribution < -0.4 is 10.5 Å². The molecule has 1 fully saturated rings. The van der Waals surface area contributed by atoms with Gasteiger partial charge in [0.2, 0.25) is 10.0 Å². The van der Waals surface area contributed by atoms with E-state index in [0.29, 0.717) is 0 Å². The monoisotopic (exact) mass is 317 g/mol. The molecule has 3 N–H and O–H groups in total. The van der Waals surface area contributed by atoms with E-state index in [4.69, 9.17) is 17.3 Å². The van der Waals surface area contributed by atoms with Crippen LogP contribution in [0.5, 0.6) is 0 Å². The van der Waals surface area contributed by atoms with E-state index in [1.807, 2.05) is 0 Å². The van der Waals surface area contributed by atoms with Gasteiger partial charge in [-0.3, -0.25) is 0 Å². The summed E-state index contributed by atoms with van der Waals surface area (Å²) in [5.74, 6) is 0. The van der Waals surface area contributed by atoms with Crippen molar-refractivity contribution in [3.63, 3.8) is 0 Å². The molecule has 1 aliphatic heterocycles. The summed E-state index contributed by atoms with van der Waals surface area (Å²) in [5.41, 5.74) is 5.93. The molecule has 0 saturated carbocycles. The molecule has 0 amide bonds. The first-order chi connectivity index (χ1) is 9.44. The number of nitrogens with two attached hydrogens (primary N) is 1. The number of hydrogen-bond acceptors (Lipinski definition) is 4. The molecule has 1 atom stereocenters. The molecule has 0 aromatic heterocycles. The average molecular weight is 318 g/mol. The van der Waals surface area contributed by atoms with Crippen molar-refractivity contribution in [3.8, 4) is 0 Å². The van der Waals surface area contributed by atoms with Gasteiger partial charge in [-0.2, -0.15) is 0 Å². The highest BCUT2D eigenvalue weighted by atomic mass is 35.5. The van der Waals surface area contributed by atoms with Gasteiger partial charge in [0.05, 0.1) is 10.7 Å². The van der Waals surface area contributed by atoms with Crippen molar-refractivity contribution in [3.05, 3.63) is 23.2 Å². The fourth-order valence-electron chi connectivity index (χ4n) is 2.53. The van der Waals surface area contributed by atoms with Crippen LogP contribution in [0.1, 0.15) is 19.8 Å². The summed E-state index contributed by atoms with van der Waals surface area (Å²) in [6, 6.07) is 4.62. The summed E-state index contributed by atoms with van der Waals surface area (Å²) in [6.07, 6.45) is 1.82. The fraction of sp³-hybridized carbons (Fsp3) is 0.538. The van der Waals surface area contributed by atoms with E-state index in [0.717, 1.165) is 32.5 Å². The van der Waals surface area contributed by atoms with Gasteiger partial charge in [0, 0.05) is 12.6 Å². The number of benzene rings is 1. The quantitative estimate of drug-likeness (QED) is 0.829. The highest BCUT2D eigenvalue weighted by Crippen LogP contribution is 2.27. The van der Waals surface area contributed by atoms with Crippen LogP contribution in [0.4, 0.5) is 5.69 Å². The minimum absolute atomic E-state index is 0.0183. The highest BCUT2D eigenvalue weighted by Gasteiger charge is 2.27. The largest absolute Gasteiger partial charge is 0.398 e. The number of rotatable bonds is 4. The Bertz CT molecular complexity index is 557. The zero-order valence-corrected chi connectivity index (χ0v) is 13.0. The predicted molar refractivity (Wildman–Crippen MR) is 81.3 cm³/mol. The maximum Gasteiger partial charge on any atom is 0.244 e. The van der Waals surface area contributed by atoms with Crippen molar-refractivity contribution in [2.75, 3.05) is 25.4 Å². The van der Waals surface area contributed by atoms with Crippen LogP contribution in [-0.4, -0.2) is 39.0 Å². The highest BCUT2D eigenvalue weighted by molar-refractivity contribution is 7.89. The molecule has 1 aliphatic rings. The Morgan fingerprint density at radius 2 is 2.25 bits per heavy atom. The number of nitrogens with zero attached hydrogens (tertiary/aromatic N) is 1. The average Bonchev–Trinajstić information content (AvgIpc) is 2.37. The lowest BCUT2D eigenvalue weighted by atomic mass is 10.1. The third-order valence-corrected chi connectivity index (χ3v) is 5.60. The molecule has 0 spiro atoms. The van der Waals surface area contributed by atoms with Gasteiger partial charge >= 0.3 is 0 Å². The summed E-state index contributed by atoms with van der Waals surface area (Å²) < 4.78 is 27.6. The van der Waals surface area contributed by atoms with Crippen molar-refractivity contribution >= 4 is 27.3 Å². The second-order valence-electron chi connectivity index (χ2n) is 5.01. The summed E-state index contributed by atoms with van der Waals surface area (Å²) >= 11 is 5.98. The Morgan fingerprint density at radius 1 is 1.50 bits per heavy atom. The normalized spacial score (nSPS) is 21.0. The van der Waals surface area contributed by atoms with Crippen molar-refractivity contribution in [2.24, 2.45) is 0 Å². The second-order valence-corrected chi connectivity index (χ2v) is 7.07. The van der Waals surface area contributed by atoms with E-state index in [9.17, 15) is 8.42 Å². The van der Waals surface area contributed by atoms with Crippen molar-refractivity contribution in [2.45, 2.75) is 30.7 Å². The molecule has 1 aromatic carbocycles. The maximum atomic E-state index is 12.4. The van der Waals surface area contributed by atoms with Gasteiger partial charge < -0.3 is 10.6 Å². The molecule has 2 rings (SSSR count). The van der Waals surface area contributed by atoms with Gasteiger partial charge in [0.25, 0.3) is 0 Å². The third-order valence-electron chi connectivity index (χ3n) is 3.54. The molecule has 0 radical (unpaired) electrons. The number of likely N-dealkylation sites (tertiary alicyclic amines) is 1. The van der Waals surface area contributed by atoms with E-state index < -0.39 is 10.0 Å². The molecule has 1 saturated heterocycles. The Kier molecular flexibility index (Phi) is 4.90. The zero-order chi connectivity index (χ0) is 14.8. The molecule has 0 aliphatic carbocycles. The number of hydrogen-bond donors (Lipinski definition) is 2. The standard InChI is InChI=1S/C13H20ClN3O2S/c1-2-17-8-4-5-10(9-17)16-20(18,19)13-11(14)6-3-7-12(13)15/h3,6-7,10,16H,2,4-5,8-9,15H2,1H3. The van der Waals surface area contributed by atoms with Crippen molar-refractivity contribution in [1.29, 1.82) is 0 Å². The first kappa shape index (κ1) is 15.6. The SMILES string of the molecule is CCN1CCCC(NS(=O)(=O)c2c(N)cccc2Cl)C1. The van der Waals surface area contributed by atoms with E-state index in [2.05, 4.69) is 16.5 Å². The Balaban J connectivity index is 2.19. The molecule has 7 heteroatoms. The van der Waals surface area contributed by atoms with Crippen LogP contribution in [0.25, 0.3) is 0 Å². The summed E-state index contributed by atoms with van der Waals surface area (Å²) in [7, 11) is -3.69. The molecule has 5 nitrogen and oxygen atoms in total. The number of sulfonamides is 1. The Morgan fingerprint density at radius 3 is 2.90 bits per heavy atom. The van der Waals surface area contributed by atoms with Crippen molar-refractivity contribution < 1.29 is 8.42 Å². The maximum absolute atomic E-state index is 12.4. The van der Waals surface area contributed by atoms with Gasteiger partial charge in [-0.25, -0.2) is 13.1 Å². The van der Waals surface area contributed by atoms with Crippen LogP contribution in [0.15, 0.2) is 23.1 Å².